The molecule has 0 radical (unpaired) electrons. The Morgan fingerprint density at radius 2 is 1.28 bits per heavy atom. The minimum absolute atomic E-state index is 0.0821. The maximum absolute atomic E-state index is 13.2. The molecule has 0 amide bonds. The molecule has 0 spiro atoms. The van der Waals surface area contributed by atoms with Crippen molar-refractivity contribution in [3.05, 3.63) is 143 Å². The van der Waals surface area contributed by atoms with Gasteiger partial charge >= 0.3 is 5.97 Å². The highest BCUT2D eigenvalue weighted by molar-refractivity contribution is 6.99. The lowest BCUT2D eigenvalue weighted by Crippen LogP contribution is -2.66. The van der Waals surface area contributed by atoms with Gasteiger partial charge in [0.1, 0.15) is 0 Å². The maximum Gasteiger partial charge on any atom is 0.344 e. The van der Waals surface area contributed by atoms with Crippen LogP contribution in [0.5, 0.6) is 0 Å². The maximum atomic E-state index is 13.2. The van der Waals surface area contributed by atoms with Crippen LogP contribution in [0.2, 0.25) is 5.04 Å². The summed E-state index contributed by atoms with van der Waals surface area (Å²) >= 11 is 6.31. The minimum Gasteiger partial charge on any atom is -0.411 e. The van der Waals surface area contributed by atoms with E-state index in [4.69, 9.17) is 20.8 Å². The van der Waals surface area contributed by atoms with E-state index in [0.29, 0.717) is 12.0 Å². The van der Waals surface area contributed by atoms with Gasteiger partial charge in [0.2, 0.25) is 0 Å². The van der Waals surface area contributed by atoms with Gasteiger partial charge in [0.15, 0.2) is 5.22 Å². The highest BCUT2D eigenvalue weighted by Gasteiger charge is 2.50. The summed E-state index contributed by atoms with van der Waals surface area (Å²) in [6.07, 6.45) is 3.24. The smallest absolute Gasteiger partial charge is 0.344 e. The van der Waals surface area contributed by atoms with Gasteiger partial charge in [0.25, 0.3) is 8.32 Å². The third kappa shape index (κ3) is 6.96. The number of aryl methyl sites for hydroxylation is 1. The number of benzene rings is 4. The predicted octanol–water partition coefficient (Wildman–Crippen LogP) is 7.63. The molecule has 0 heterocycles. The van der Waals surface area contributed by atoms with Crippen LogP contribution >= 0.6 is 11.6 Å². The Bertz CT molecular complexity index is 1340. The molecule has 0 saturated carbocycles. The van der Waals surface area contributed by atoms with Gasteiger partial charge in [-0.1, -0.05) is 130 Å². The highest BCUT2D eigenvalue weighted by Crippen LogP contribution is 2.37. The third-order valence-electron chi connectivity index (χ3n) is 6.87. The predicted molar refractivity (Wildman–Crippen MR) is 163 cm³/mol. The van der Waals surface area contributed by atoms with Crippen LogP contribution in [0.1, 0.15) is 48.7 Å². The molecule has 4 aromatic rings. The van der Waals surface area contributed by atoms with Crippen LogP contribution in [0.3, 0.4) is 0 Å². The number of ether oxygens (including phenoxy) is 1. The number of esters is 1. The topological polar surface area (TPSA) is 35.5 Å². The van der Waals surface area contributed by atoms with E-state index in [0.717, 1.165) is 12.0 Å². The van der Waals surface area contributed by atoms with Gasteiger partial charge in [0, 0.05) is 0 Å². The quantitative estimate of drug-likeness (QED) is 0.115. The fourth-order valence-electron chi connectivity index (χ4n) is 4.98. The van der Waals surface area contributed by atoms with E-state index in [9.17, 15) is 4.79 Å². The highest BCUT2D eigenvalue weighted by atomic mass is 35.5. The van der Waals surface area contributed by atoms with Crippen molar-refractivity contribution in [2.45, 2.75) is 45.3 Å². The zero-order chi connectivity index (χ0) is 27.7. The van der Waals surface area contributed by atoms with Crippen molar-refractivity contribution in [2.24, 2.45) is 0 Å². The molecule has 4 rings (SSSR count). The lowest BCUT2D eigenvalue weighted by Gasteiger charge is -2.43. The lowest BCUT2D eigenvalue weighted by atomic mass is 10.1. The summed E-state index contributed by atoms with van der Waals surface area (Å²) in [5.41, 5.74) is 2.42. The fourth-order valence-corrected chi connectivity index (χ4v) is 9.68. The number of allylic oxidation sites excluding steroid dienone is 1. The van der Waals surface area contributed by atoms with E-state index in [1.54, 1.807) is 12.1 Å². The zero-order valence-corrected chi connectivity index (χ0v) is 24.5. The van der Waals surface area contributed by atoms with Gasteiger partial charge in [0.05, 0.1) is 12.2 Å². The molecule has 3 nitrogen and oxygen atoms in total. The van der Waals surface area contributed by atoms with Gasteiger partial charge in [-0.05, 0) is 63.1 Å². The number of hydrogen-bond donors (Lipinski definition) is 0. The van der Waals surface area contributed by atoms with Crippen LogP contribution in [0.4, 0.5) is 0 Å². The summed E-state index contributed by atoms with van der Waals surface area (Å²) in [6, 6.07) is 38.5. The molecule has 0 aliphatic carbocycles. The molecular formula is C34H35ClO3Si. The molecule has 0 atom stereocenters. The van der Waals surface area contributed by atoms with E-state index in [2.05, 4.69) is 81.4 Å². The van der Waals surface area contributed by atoms with Crippen LogP contribution in [-0.2, 0) is 22.2 Å². The summed E-state index contributed by atoms with van der Waals surface area (Å²) in [4.78, 5) is 13.2. The zero-order valence-electron chi connectivity index (χ0n) is 22.8. The van der Waals surface area contributed by atoms with Crippen molar-refractivity contribution < 1.29 is 14.0 Å². The second-order valence-corrected chi connectivity index (χ2v) is 15.2. The number of carbonyl (C=O) groups excluding carboxylic acids is 1. The fraction of sp³-hybridized carbons (Fsp3) is 0.206. The van der Waals surface area contributed by atoms with E-state index in [1.165, 1.54) is 15.9 Å². The number of halogens is 1. The number of carbonyl (C=O) groups is 1. The van der Waals surface area contributed by atoms with Crippen LogP contribution in [0.15, 0.2) is 127 Å². The summed E-state index contributed by atoms with van der Waals surface area (Å²) in [5.74, 6) is -0.488. The van der Waals surface area contributed by atoms with E-state index in [-0.39, 0.29) is 16.9 Å². The Balaban J connectivity index is 1.57. The van der Waals surface area contributed by atoms with Crippen LogP contribution in [-0.4, -0.2) is 14.3 Å². The van der Waals surface area contributed by atoms with Crippen molar-refractivity contribution in [1.82, 2.24) is 0 Å². The molecule has 200 valence electrons. The van der Waals surface area contributed by atoms with Gasteiger partial charge in [-0.2, -0.15) is 0 Å². The Morgan fingerprint density at radius 1 is 0.769 bits per heavy atom. The van der Waals surface area contributed by atoms with Crippen LogP contribution in [0, 0.1) is 0 Å². The van der Waals surface area contributed by atoms with Crippen molar-refractivity contribution in [3.8, 4) is 0 Å². The molecule has 0 saturated heterocycles. The minimum atomic E-state index is -2.76. The average molecular weight is 555 g/mol. The van der Waals surface area contributed by atoms with Crippen LogP contribution in [0.25, 0.3) is 0 Å². The molecule has 4 aromatic carbocycles. The van der Waals surface area contributed by atoms with Crippen molar-refractivity contribution in [1.29, 1.82) is 0 Å². The molecule has 0 N–H and O–H groups in total. The van der Waals surface area contributed by atoms with E-state index < -0.39 is 14.3 Å². The molecule has 0 bridgehead atoms. The summed E-state index contributed by atoms with van der Waals surface area (Å²) in [6.45, 7) is 6.98. The normalized spacial score (nSPS) is 12.3. The molecule has 0 aliphatic rings. The van der Waals surface area contributed by atoms with E-state index >= 15 is 0 Å². The first-order valence-corrected chi connectivity index (χ1v) is 15.5. The lowest BCUT2D eigenvalue weighted by molar-refractivity contribution is 0.0645. The van der Waals surface area contributed by atoms with Gasteiger partial charge in [-0.25, -0.2) is 4.79 Å². The number of hydrogen-bond acceptors (Lipinski definition) is 3. The Hall–Kier alpha value is -3.44. The first kappa shape index (κ1) is 28.6. The molecule has 5 heteroatoms. The molecule has 0 fully saturated rings. The van der Waals surface area contributed by atoms with Crippen molar-refractivity contribution >= 4 is 36.3 Å². The van der Waals surface area contributed by atoms with Gasteiger partial charge in [-0.15, -0.1) is 0 Å². The average Bonchev–Trinajstić information content (AvgIpc) is 2.94. The van der Waals surface area contributed by atoms with Gasteiger partial charge in [-0.3, -0.25) is 0 Å². The Morgan fingerprint density at radius 3 is 1.85 bits per heavy atom. The van der Waals surface area contributed by atoms with Gasteiger partial charge < -0.3 is 9.16 Å². The summed E-state index contributed by atoms with van der Waals surface area (Å²) in [5, 5.41) is 2.29. The molecular weight excluding hydrogens is 520 g/mol. The monoisotopic (exact) mass is 554 g/mol. The van der Waals surface area contributed by atoms with Crippen molar-refractivity contribution in [3.63, 3.8) is 0 Å². The molecule has 0 aromatic heterocycles. The summed E-state index contributed by atoms with van der Waals surface area (Å²) in [7, 11) is -2.76. The Kier molecular flexibility index (Phi) is 9.57. The first-order valence-electron chi connectivity index (χ1n) is 13.3. The van der Waals surface area contributed by atoms with Crippen LogP contribution < -0.4 is 10.4 Å². The van der Waals surface area contributed by atoms with Crippen molar-refractivity contribution in [2.75, 3.05) is 0 Å². The largest absolute Gasteiger partial charge is 0.411 e. The second kappa shape index (κ2) is 13.1. The standard InChI is InChI=1S/C34H35ClO3Si/c1-34(2,3)39(29-20-9-5-10-21-29,30-22-11-6-12-23-30)37-26-28-19-13-14-24-31(28)33(36)38-32(35)25-15-18-27-16-7-4-8-17-27/h4-14,16-17,19-25H,15,18,26H2,1-3H3/b32-25+. The van der Waals surface area contributed by atoms with E-state index in [1.807, 2.05) is 48.5 Å². The molecule has 0 unspecified atom stereocenters. The SMILES string of the molecule is CC(C)(C)[Si](OCc1ccccc1C(=O)O/C(Cl)=C/CCc1ccccc1)(c1ccccc1)c1ccccc1. The Labute approximate surface area is 238 Å². The summed E-state index contributed by atoms with van der Waals surface area (Å²) < 4.78 is 12.6. The molecule has 39 heavy (non-hydrogen) atoms. The second-order valence-electron chi connectivity index (χ2n) is 10.5. The molecule has 0 aliphatic heterocycles. The number of rotatable bonds is 10. The third-order valence-corrected chi connectivity index (χ3v) is 12.1. The first-order chi connectivity index (χ1) is 18.8.